The molecule has 0 bridgehead atoms. The Balaban J connectivity index is 1.66. The van der Waals surface area contributed by atoms with Gasteiger partial charge in [0, 0.05) is 17.0 Å². The molecule has 0 atom stereocenters. The van der Waals surface area contributed by atoms with E-state index >= 15 is 0 Å². The molecule has 2 aliphatic carbocycles. The topological polar surface area (TPSA) is 33.2 Å². The van der Waals surface area contributed by atoms with E-state index in [2.05, 4.69) is 18.7 Å². The number of fused-ring (bicyclic) bond motifs is 2. The maximum absolute atomic E-state index is 13.1. The summed E-state index contributed by atoms with van der Waals surface area (Å²) in [6, 6.07) is 6.17. The summed E-state index contributed by atoms with van der Waals surface area (Å²) >= 11 is 1.68. The summed E-state index contributed by atoms with van der Waals surface area (Å²) < 4.78 is 0. The lowest BCUT2D eigenvalue weighted by atomic mass is 10.0. The zero-order chi connectivity index (χ0) is 16.5. The fourth-order valence-corrected chi connectivity index (χ4v) is 4.85. The van der Waals surface area contributed by atoms with Gasteiger partial charge in [-0.15, -0.1) is 17.9 Å². The number of amides is 1. The number of aryl methyl sites for hydroxylation is 4. The van der Waals surface area contributed by atoms with E-state index in [1.54, 1.807) is 22.3 Å². The minimum absolute atomic E-state index is 0.0377. The first kappa shape index (κ1) is 15.6. The first-order valence-electron chi connectivity index (χ1n) is 8.79. The summed E-state index contributed by atoms with van der Waals surface area (Å²) in [7, 11) is 0. The zero-order valence-corrected chi connectivity index (χ0v) is 14.7. The molecule has 1 aromatic carbocycles. The van der Waals surface area contributed by atoms with Crippen LogP contribution in [0.2, 0.25) is 0 Å². The number of anilines is 1. The first-order chi connectivity index (χ1) is 11.8. The summed E-state index contributed by atoms with van der Waals surface area (Å²) in [5.41, 5.74) is 4.69. The van der Waals surface area contributed by atoms with Gasteiger partial charge in [0.05, 0.1) is 5.69 Å². The minimum atomic E-state index is 0.0377. The van der Waals surface area contributed by atoms with Crippen molar-refractivity contribution in [2.24, 2.45) is 0 Å². The van der Waals surface area contributed by atoms with Gasteiger partial charge in [-0.3, -0.25) is 9.69 Å². The van der Waals surface area contributed by atoms with Crippen LogP contribution in [0.15, 0.2) is 30.9 Å². The normalized spacial score (nSPS) is 15.7. The van der Waals surface area contributed by atoms with Gasteiger partial charge in [-0.25, -0.2) is 4.98 Å². The maximum atomic E-state index is 13.1. The number of thiazole rings is 1. The second kappa shape index (κ2) is 6.52. The predicted molar refractivity (Wildman–Crippen MR) is 99.1 cm³/mol. The highest BCUT2D eigenvalue weighted by Crippen LogP contribution is 2.33. The average Bonchev–Trinajstić information content (AvgIpc) is 3.24. The van der Waals surface area contributed by atoms with E-state index in [9.17, 15) is 4.79 Å². The van der Waals surface area contributed by atoms with Crippen molar-refractivity contribution < 1.29 is 4.79 Å². The third-order valence-corrected chi connectivity index (χ3v) is 6.15. The molecule has 2 aromatic rings. The molecule has 0 saturated heterocycles. The molecule has 2 aliphatic rings. The van der Waals surface area contributed by atoms with Gasteiger partial charge < -0.3 is 0 Å². The summed E-state index contributed by atoms with van der Waals surface area (Å²) in [4.78, 5) is 21.0. The molecule has 0 spiro atoms. The molecule has 124 valence electrons. The number of hydrogen-bond acceptors (Lipinski definition) is 3. The van der Waals surface area contributed by atoms with Crippen LogP contribution in [0, 0.1) is 0 Å². The summed E-state index contributed by atoms with van der Waals surface area (Å²) in [6.07, 6.45) is 9.78. The van der Waals surface area contributed by atoms with Crippen LogP contribution in [-0.2, 0) is 25.7 Å². The third kappa shape index (κ3) is 2.80. The van der Waals surface area contributed by atoms with Gasteiger partial charge in [-0.1, -0.05) is 12.1 Å². The minimum Gasteiger partial charge on any atom is -0.280 e. The molecule has 3 nitrogen and oxygen atoms in total. The van der Waals surface area contributed by atoms with Crippen molar-refractivity contribution in [2.75, 3.05) is 11.4 Å². The lowest BCUT2D eigenvalue weighted by Crippen LogP contribution is -2.31. The Hall–Kier alpha value is -1.94. The second-order valence-electron chi connectivity index (χ2n) is 6.61. The lowest BCUT2D eigenvalue weighted by Gasteiger charge is -2.18. The Kier molecular flexibility index (Phi) is 4.23. The lowest BCUT2D eigenvalue weighted by molar-refractivity contribution is 0.0989. The average molecular weight is 338 g/mol. The Morgan fingerprint density at radius 1 is 1.17 bits per heavy atom. The molecule has 1 heterocycles. The van der Waals surface area contributed by atoms with Crippen LogP contribution in [-0.4, -0.2) is 17.4 Å². The van der Waals surface area contributed by atoms with Crippen LogP contribution in [0.1, 0.15) is 51.3 Å². The second-order valence-corrected chi connectivity index (χ2v) is 7.68. The first-order valence-corrected chi connectivity index (χ1v) is 9.61. The van der Waals surface area contributed by atoms with E-state index in [0.29, 0.717) is 6.54 Å². The zero-order valence-electron chi connectivity index (χ0n) is 13.9. The number of nitrogens with zero attached hydrogens (tertiary/aromatic N) is 2. The fraction of sp³-hybridized carbons (Fsp3) is 0.400. The van der Waals surface area contributed by atoms with E-state index < -0.39 is 0 Å². The predicted octanol–water partition coefficient (Wildman–Crippen LogP) is 4.34. The molecule has 4 heteroatoms. The van der Waals surface area contributed by atoms with Gasteiger partial charge in [0.1, 0.15) is 0 Å². The quantitative estimate of drug-likeness (QED) is 0.777. The Bertz CT molecular complexity index is 769. The molecule has 0 saturated carbocycles. The molecule has 4 rings (SSSR count). The molecule has 0 radical (unpaired) electrons. The van der Waals surface area contributed by atoms with Crippen molar-refractivity contribution in [3.63, 3.8) is 0 Å². The Morgan fingerprint density at radius 2 is 2.00 bits per heavy atom. The van der Waals surface area contributed by atoms with Crippen LogP contribution in [0.4, 0.5) is 5.13 Å². The van der Waals surface area contributed by atoms with Crippen LogP contribution >= 0.6 is 11.3 Å². The monoisotopic (exact) mass is 338 g/mol. The van der Waals surface area contributed by atoms with Crippen molar-refractivity contribution in [1.29, 1.82) is 0 Å². The maximum Gasteiger partial charge on any atom is 0.260 e. The highest BCUT2D eigenvalue weighted by molar-refractivity contribution is 7.16. The molecule has 0 fully saturated rings. The van der Waals surface area contributed by atoms with E-state index in [4.69, 9.17) is 4.98 Å². The SMILES string of the molecule is C=CCN(C(=O)c1ccc2c(c1)CCC2)c1nc2c(s1)CCCC2. The van der Waals surface area contributed by atoms with Gasteiger partial charge in [-0.2, -0.15) is 0 Å². The highest BCUT2D eigenvalue weighted by atomic mass is 32.1. The van der Waals surface area contributed by atoms with E-state index in [0.717, 1.165) is 36.4 Å². The van der Waals surface area contributed by atoms with Gasteiger partial charge >= 0.3 is 0 Å². The number of benzene rings is 1. The molecule has 1 aromatic heterocycles. The molecule has 24 heavy (non-hydrogen) atoms. The molecular formula is C20H22N2OS. The Labute approximate surface area is 147 Å². The number of aromatic nitrogens is 1. The van der Waals surface area contributed by atoms with Gasteiger partial charge in [0.15, 0.2) is 5.13 Å². The summed E-state index contributed by atoms with van der Waals surface area (Å²) in [6.45, 7) is 4.33. The largest absolute Gasteiger partial charge is 0.280 e. The van der Waals surface area contributed by atoms with Gasteiger partial charge in [0.25, 0.3) is 5.91 Å². The van der Waals surface area contributed by atoms with E-state index in [-0.39, 0.29) is 5.91 Å². The molecule has 1 amide bonds. The Morgan fingerprint density at radius 3 is 2.83 bits per heavy atom. The van der Waals surface area contributed by atoms with E-state index in [1.807, 2.05) is 6.07 Å². The van der Waals surface area contributed by atoms with Crippen LogP contribution in [0.5, 0.6) is 0 Å². The van der Waals surface area contributed by atoms with Crippen molar-refractivity contribution in [2.45, 2.75) is 44.9 Å². The number of carbonyl (C=O) groups is 1. The number of rotatable bonds is 4. The van der Waals surface area contributed by atoms with Crippen molar-refractivity contribution in [3.05, 3.63) is 58.1 Å². The van der Waals surface area contributed by atoms with Crippen molar-refractivity contribution >= 4 is 22.4 Å². The number of carbonyl (C=O) groups excluding carboxylic acids is 1. The van der Waals surface area contributed by atoms with Crippen LogP contribution < -0.4 is 4.90 Å². The highest BCUT2D eigenvalue weighted by Gasteiger charge is 2.24. The standard InChI is InChI=1S/C20H22N2OS/c1-2-12-22(20-21-17-8-3-4-9-18(17)24-20)19(23)16-11-10-14-6-5-7-15(14)13-16/h2,10-11,13H,1,3-9,12H2. The van der Waals surface area contributed by atoms with Gasteiger partial charge in [0.2, 0.25) is 0 Å². The summed E-state index contributed by atoms with van der Waals surface area (Å²) in [5, 5.41) is 0.826. The third-order valence-electron chi connectivity index (χ3n) is 4.97. The smallest absolute Gasteiger partial charge is 0.260 e. The van der Waals surface area contributed by atoms with E-state index in [1.165, 1.54) is 41.0 Å². The molecule has 0 unspecified atom stereocenters. The number of hydrogen-bond donors (Lipinski definition) is 0. The molecule has 0 aliphatic heterocycles. The fourth-order valence-electron chi connectivity index (χ4n) is 3.69. The molecular weight excluding hydrogens is 316 g/mol. The van der Waals surface area contributed by atoms with Crippen molar-refractivity contribution in [1.82, 2.24) is 4.98 Å². The van der Waals surface area contributed by atoms with Crippen LogP contribution in [0.25, 0.3) is 0 Å². The van der Waals surface area contributed by atoms with Crippen LogP contribution in [0.3, 0.4) is 0 Å². The summed E-state index contributed by atoms with van der Waals surface area (Å²) in [5.74, 6) is 0.0377. The van der Waals surface area contributed by atoms with Crippen molar-refractivity contribution in [3.8, 4) is 0 Å². The molecule has 0 N–H and O–H groups in total. The van der Waals surface area contributed by atoms with Gasteiger partial charge in [-0.05, 0) is 68.2 Å².